The Labute approximate surface area is 103 Å². The molecule has 0 unspecified atom stereocenters. The first kappa shape index (κ1) is 13.5. The third kappa shape index (κ3) is 3.21. The molecule has 1 aromatic carbocycles. The second-order valence-corrected chi connectivity index (χ2v) is 3.55. The molecule has 0 amide bonds. The van der Waals surface area contributed by atoms with Gasteiger partial charge in [0, 0.05) is 0 Å². The molecule has 18 heavy (non-hydrogen) atoms. The number of carboxylic acids is 2. The predicted octanol–water partition coefficient (Wildman–Crippen LogP) is 1.67. The first-order valence-electron chi connectivity index (χ1n) is 5.06. The van der Waals surface area contributed by atoms with Crippen molar-refractivity contribution in [2.24, 2.45) is 0 Å². The highest BCUT2D eigenvalue weighted by atomic mass is 16.4. The summed E-state index contributed by atoms with van der Waals surface area (Å²) in [5, 5.41) is 27.0. The average molecular weight is 248 g/mol. The quantitative estimate of drug-likeness (QED) is 0.319. The number of aromatic hydroxyl groups is 1. The molecule has 0 bridgehead atoms. The van der Waals surface area contributed by atoms with Gasteiger partial charge in [-0.25, -0.2) is 9.59 Å². The molecule has 0 aliphatic carbocycles. The first-order valence-corrected chi connectivity index (χ1v) is 5.06. The lowest BCUT2D eigenvalue weighted by molar-refractivity contribution is -0.140. The van der Waals surface area contributed by atoms with Gasteiger partial charge in [-0.1, -0.05) is 12.1 Å². The Kier molecular flexibility index (Phi) is 4.26. The van der Waals surface area contributed by atoms with Crippen LogP contribution in [-0.4, -0.2) is 27.3 Å². The summed E-state index contributed by atoms with van der Waals surface area (Å²) >= 11 is 0. The van der Waals surface area contributed by atoms with E-state index in [0.717, 1.165) is 6.08 Å². The second-order valence-electron chi connectivity index (χ2n) is 3.55. The summed E-state index contributed by atoms with van der Waals surface area (Å²) in [6, 6.07) is 4.34. The SMILES string of the molecule is C=CCc1cc(C=C(C(=O)O)C(=O)O)ccc1O. The van der Waals surface area contributed by atoms with Crippen LogP contribution in [0.25, 0.3) is 6.08 Å². The van der Waals surface area contributed by atoms with E-state index in [4.69, 9.17) is 10.2 Å². The molecular formula is C13H12O5. The van der Waals surface area contributed by atoms with Crippen LogP contribution in [-0.2, 0) is 16.0 Å². The number of carboxylic acid groups (broad SMARTS) is 2. The summed E-state index contributed by atoms with van der Waals surface area (Å²) in [6.45, 7) is 3.53. The minimum absolute atomic E-state index is 0.0549. The predicted molar refractivity (Wildman–Crippen MR) is 65.3 cm³/mol. The van der Waals surface area contributed by atoms with Gasteiger partial charge in [-0.3, -0.25) is 0 Å². The normalized spacial score (nSPS) is 9.56. The molecule has 5 heteroatoms. The number of hydrogen-bond donors (Lipinski definition) is 3. The Bertz CT molecular complexity index is 512. The smallest absolute Gasteiger partial charge is 0.343 e. The van der Waals surface area contributed by atoms with Crippen molar-refractivity contribution >= 4 is 18.0 Å². The van der Waals surface area contributed by atoms with E-state index in [0.29, 0.717) is 17.5 Å². The molecular weight excluding hydrogens is 236 g/mol. The van der Waals surface area contributed by atoms with Crippen LogP contribution in [0.1, 0.15) is 11.1 Å². The molecule has 5 nitrogen and oxygen atoms in total. The third-order valence-electron chi connectivity index (χ3n) is 2.24. The monoisotopic (exact) mass is 248 g/mol. The standard InChI is InChI=1S/C13H12O5/c1-2-3-9-6-8(4-5-11(9)14)7-10(12(15)16)13(17)18/h2,4-7,14H,1,3H2,(H,15,16)(H,17,18). The summed E-state index contributed by atoms with van der Waals surface area (Å²) in [5.74, 6) is -2.97. The van der Waals surface area contributed by atoms with Crippen LogP contribution in [0.15, 0.2) is 36.4 Å². The highest BCUT2D eigenvalue weighted by Crippen LogP contribution is 2.21. The van der Waals surface area contributed by atoms with Gasteiger partial charge in [-0.2, -0.15) is 0 Å². The van der Waals surface area contributed by atoms with E-state index in [9.17, 15) is 14.7 Å². The molecule has 1 rings (SSSR count). The van der Waals surface area contributed by atoms with Crippen LogP contribution in [0, 0.1) is 0 Å². The van der Waals surface area contributed by atoms with Crippen molar-refractivity contribution < 1.29 is 24.9 Å². The Morgan fingerprint density at radius 1 is 1.22 bits per heavy atom. The van der Waals surface area contributed by atoms with E-state index in [-0.39, 0.29) is 5.75 Å². The zero-order chi connectivity index (χ0) is 13.7. The Morgan fingerprint density at radius 2 is 1.83 bits per heavy atom. The van der Waals surface area contributed by atoms with Crippen LogP contribution < -0.4 is 0 Å². The average Bonchev–Trinajstić information content (AvgIpc) is 2.29. The summed E-state index contributed by atoms with van der Waals surface area (Å²) in [5.41, 5.74) is 0.212. The highest BCUT2D eigenvalue weighted by molar-refractivity contribution is 6.16. The van der Waals surface area contributed by atoms with Crippen molar-refractivity contribution in [2.45, 2.75) is 6.42 Å². The maximum atomic E-state index is 10.7. The van der Waals surface area contributed by atoms with Crippen LogP contribution in [0.2, 0.25) is 0 Å². The third-order valence-corrected chi connectivity index (χ3v) is 2.24. The van der Waals surface area contributed by atoms with Crippen molar-refractivity contribution in [1.82, 2.24) is 0 Å². The number of aliphatic carboxylic acids is 2. The molecule has 0 aliphatic heterocycles. The minimum atomic E-state index is -1.51. The van der Waals surface area contributed by atoms with Gasteiger partial charge in [0.1, 0.15) is 11.3 Å². The van der Waals surface area contributed by atoms with E-state index in [2.05, 4.69) is 6.58 Å². The van der Waals surface area contributed by atoms with Gasteiger partial charge >= 0.3 is 11.9 Å². The Hall–Kier alpha value is -2.56. The fourth-order valence-corrected chi connectivity index (χ4v) is 1.40. The molecule has 0 saturated carbocycles. The summed E-state index contributed by atoms with van der Waals surface area (Å²) in [4.78, 5) is 21.4. The number of carbonyl (C=O) groups is 2. The van der Waals surface area contributed by atoms with E-state index >= 15 is 0 Å². The minimum Gasteiger partial charge on any atom is -0.508 e. The molecule has 0 aliphatic rings. The van der Waals surface area contributed by atoms with Gasteiger partial charge in [-0.15, -0.1) is 6.58 Å². The largest absolute Gasteiger partial charge is 0.508 e. The van der Waals surface area contributed by atoms with Crippen LogP contribution >= 0.6 is 0 Å². The van der Waals surface area contributed by atoms with Crippen LogP contribution in [0.4, 0.5) is 0 Å². The molecule has 0 radical (unpaired) electrons. The lowest BCUT2D eigenvalue weighted by Gasteiger charge is -2.03. The zero-order valence-electron chi connectivity index (χ0n) is 9.46. The molecule has 0 atom stereocenters. The van der Waals surface area contributed by atoms with Gasteiger partial charge < -0.3 is 15.3 Å². The van der Waals surface area contributed by atoms with Crippen molar-refractivity contribution in [3.05, 3.63) is 47.6 Å². The molecule has 1 aromatic rings. The van der Waals surface area contributed by atoms with Crippen molar-refractivity contribution in [3.63, 3.8) is 0 Å². The Balaban J connectivity index is 3.21. The fraction of sp³-hybridized carbons (Fsp3) is 0.0769. The van der Waals surface area contributed by atoms with Gasteiger partial charge in [0.25, 0.3) is 0 Å². The molecule has 0 aromatic heterocycles. The topological polar surface area (TPSA) is 94.8 Å². The molecule has 0 saturated heterocycles. The summed E-state index contributed by atoms with van der Waals surface area (Å²) in [6.07, 6.45) is 3.03. The van der Waals surface area contributed by atoms with Crippen LogP contribution in [0.3, 0.4) is 0 Å². The number of allylic oxidation sites excluding steroid dienone is 1. The number of rotatable bonds is 5. The maximum Gasteiger partial charge on any atom is 0.343 e. The maximum absolute atomic E-state index is 10.7. The van der Waals surface area contributed by atoms with Crippen LogP contribution in [0.5, 0.6) is 5.75 Å². The number of phenolic OH excluding ortho intramolecular Hbond substituents is 1. The van der Waals surface area contributed by atoms with Crippen molar-refractivity contribution in [2.75, 3.05) is 0 Å². The molecule has 0 spiro atoms. The fourth-order valence-electron chi connectivity index (χ4n) is 1.40. The highest BCUT2D eigenvalue weighted by Gasteiger charge is 2.15. The van der Waals surface area contributed by atoms with E-state index in [1.54, 1.807) is 6.08 Å². The van der Waals surface area contributed by atoms with Gasteiger partial charge in [-0.05, 0) is 35.8 Å². The molecule has 3 N–H and O–H groups in total. The first-order chi connectivity index (χ1) is 8.45. The summed E-state index contributed by atoms with van der Waals surface area (Å²) in [7, 11) is 0. The lowest BCUT2D eigenvalue weighted by atomic mass is 10.0. The van der Waals surface area contributed by atoms with E-state index < -0.39 is 17.5 Å². The molecule has 0 fully saturated rings. The van der Waals surface area contributed by atoms with Gasteiger partial charge in [0.05, 0.1) is 0 Å². The van der Waals surface area contributed by atoms with Gasteiger partial charge in [0.2, 0.25) is 0 Å². The second kappa shape index (κ2) is 5.67. The Morgan fingerprint density at radius 3 is 2.33 bits per heavy atom. The van der Waals surface area contributed by atoms with E-state index in [1.165, 1.54) is 18.2 Å². The lowest BCUT2D eigenvalue weighted by Crippen LogP contribution is -2.10. The summed E-state index contributed by atoms with van der Waals surface area (Å²) < 4.78 is 0. The number of hydrogen-bond acceptors (Lipinski definition) is 3. The van der Waals surface area contributed by atoms with E-state index in [1.807, 2.05) is 0 Å². The number of phenols is 1. The zero-order valence-corrected chi connectivity index (χ0v) is 9.46. The molecule has 0 heterocycles. The number of benzene rings is 1. The van der Waals surface area contributed by atoms with Gasteiger partial charge in [0.15, 0.2) is 0 Å². The van der Waals surface area contributed by atoms with Crippen molar-refractivity contribution in [1.29, 1.82) is 0 Å². The van der Waals surface area contributed by atoms with Crippen molar-refractivity contribution in [3.8, 4) is 5.75 Å². The molecule has 94 valence electrons.